The van der Waals surface area contributed by atoms with Gasteiger partial charge in [-0.1, -0.05) is 6.92 Å². The number of methoxy groups -OCH3 is 3. The summed E-state index contributed by atoms with van der Waals surface area (Å²) in [6.07, 6.45) is 4.74. The summed E-state index contributed by atoms with van der Waals surface area (Å²) in [6, 6.07) is 3.87. The Morgan fingerprint density at radius 3 is 2.32 bits per heavy atom. The van der Waals surface area contributed by atoms with Gasteiger partial charge in [0, 0.05) is 19.0 Å². The van der Waals surface area contributed by atoms with E-state index in [1.54, 1.807) is 33.5 Å². The Bertz CT molecular complexity index is 650. The maximum atomic E-state index is 12.4. The van der Waals surface area contributed by atoms with Crippen molar-refractivity contribution in [3.63, 3.8) is 0 Å². The molecular weight excluding hydrogens is 362 g/mol. The van der Waals surface area contributed by atoms with Crippen molar-refractivity contribution in [2.75, 3.05) is 34.5 Å². The number of hydrogen-bond donors (Lipinski definition) is 0. The van der Waals surface area contributed by atoms with Gasteiger partial charge in [-0.2, -0.15) is 0 Å². The van der Waals surface area contributed by atoms with Crippen LogP contribution in [-0.2, 0) is 20.7 Å². The largest absolute Gasteiger partial charge is 0.493 e. The zero-order valence-electron chi connectivity index (χ0n) is 17.3. The van der Waals surface area contributed by atoms with Gasteiger partial charge >= 0.3 is 5.97 Å². The Balaban J connectivity index is 1.87. The van der Waals surface area contributed by atoms with Crippen LogP contribution >= 0.6 is 0 Å². The molecule has 28 heavy (non-hydrogen) atoms. The number of benzene rings is 1. The average molecular weight is 393 g/mol. The van der Waals surface area contributed by atoms with Gasteiger partial charge in [0.1, 0.15) is 0 Å². The van der Waals surface area contributed by atoms with Gasteiger partial charge < -0.3 is 23.8 Å². The highest BCUT2D eigenvalue weighted by molar-refractivity contribution is 5.81. The first-order chi connectivity index (χ1) is 13.5. The van der Waals surface area contributed by atoms with Crippen molar-refractivity contribution in [3.05, 3.63) is 17.7 Å². The molecule has 1 atom stereocenters. The number of rotatable bonds is 9. The predicted molar refractivity (Wildman–Crippen MR) is 105 cm³/mol. The lowest BCUT2D eigenvalue weighted by Gasteiger charge is -2.35. The second kappa shape index (κ2) is 10.8. The molecule has 7 heteroatoms. The molecule has 0 N–H and O–H groups in total. The van der Waals surface area contributed by atoms with Crippen LogP contribution in [0.2, 0.25) is 0 Å². The number of carbonyl (C=O) groups is 2. The minimum absolute atomic E-state index is 0.104. The number of hydrogen-bond acceptors (Lipinski definition) is 6. The third kappa shape index (κ3) is 5.53. The van der Waals surface area contributed by atoms with Crippen LogP contribution < -0.4 is 14.2 Å². The molecule has 2 rings (SSSR count). The fraction of sp³-hybridized carbons (Fsp3) is 0.619. The summed E-state index contributed by atoms with van der Waals surface area (Å²) < 4.78 is 21.2. The number of aryl methyl sites for hydroxylation is 1. The van der Waals surface area contributed by atoms with Gasteiger partial charge in [-0.15, -0.1) is 0 Å². The maximum Gasteiger partial charge on any atom is 0.306 e. The topological polar surface area (TPSA) is 74.3 Å². The van der Waals surface area contributed by atoms with Crippen molar-refractivity contribution in [1.82, 2.24) is 4.90 Å². The van der Waals surface area contributed by atoms with Crippen LogP contribution in [0.25, 0.3) is 0 Å². The van der Waals surface area contributed by atoms with E-state index in [9.17, 15) is 9.59 Å². The van der Waals surface area contributed by atoms with Crippen molar-refractivity contribution in [2.24, 2.45) is 0 Å². The molecule has 0 saturated carbocycles. The molecule has 1 fully saturated rings. The van der Waals surface area contributed by atoms with Crippen LogP contribution in [0.15, 0.2) is 12.1 Å². The predicted octanol–water partition coefficient (Wildman–Crippen LogP) is 2.98. The van der Waals surface area contributed by atoms with Gasteiger partial charge in [0.15, 0.2) is 18.1 Å². The van der Waals surface area contributed by atoms with E-state index in [1.807, 2.05) is 4.90 Å². The van der Waals surface area contributed by atoms with E-state index < -0.39 is 5.97 Å². The summed E-state index contributed by atoms with van der Waals surface area (Å²) >= 11 is 0. The summed E-state index contributed by atoms with van der Waals surface area (Å²) in [5.41, 5.74) is 0.861. The monoisotopic (exact) mass is 393 g/mol. The first kappa shape index (κ1) is 21.9. The first-order valence-corrected chi connectivity index (χ1v) is 9.78. The Kier molecular flexibility index (Phi) is 8.42. The molecule has 0 radical (unpaired) electrons. The minimum Gasteiger partial charge on any atom is -0.493 e. The summed E-state index contributed by atoms with van der Waals surface area (Å²) in [5, 5.41) is 0. The number of likely N-dealkylation sites (tertiary alicyclic amines) is 1. The van der Waals surface area contributed by atoms with E-state index in [1.165, 1.54) is 0 Å². The Morgan fingerprint density at radius 2 is 1.75 bits per heavy atom. The van der Waals surface area contributed by atoms with Crippen LogP contribution in [-0.4, -0.2) is 57.3 Å². The Labute approximate surface area is 166 Å². The molecule has 1 heterocycles. The van der Waals surface area contributed by atoms with E-state index in [2.05, 4.69) is 6.92 Å². The molecule has 1 saturated heterocycles. The second-order valence-corrected chi connectivity index (χ2v) is 6.84. The molecule has 7 nitrogen and oxygen atoms in total. The van der Waals surface area contributed by atoms with Crippen LogP contribution in [0.5, 0.6) is 17.2 Å². The fourth-order valence-electron chi connectivity index (χ4n) is 3.58. The standard InChI is InChI=1S/C21H31NO6/c1-5-16-8-6-7-11-22(16)19(23)14-28-20(24)10-9-15-12-17(25-2)21(27-4)18(13-15)26-3/h12-13,16H,5-11,14H2,1-4H3. The van der Waals surface area contributed by atoms with Crippen LogP contribution in [0.3, 0.4) is 0 Å². The lowest BCUT2D eigenvalue weighted by molar-refractivity contribution is -0.153. The zero-order valence-corrected chi connectivity index (χ0v) is 17.3. The molecule has 0 aliphatic carbocycles. The lowest BCUT2D eigenvalue weighted by Crippen LogP contribution is -2.45. The molecule has 0 bridgehead atoms. The Morgan fingerprint density at radius 1 is 1.07 bits per heavy atom. The van der Waals surface area contributed by atoms with E-state index >= 15 is 0 Å². The van der Waals surface area contributed by atoms with Crippen molar-refractivity contribution in [3.8, 4) is 17.2 Å². The average Bonchev–Trinajstić information content (AvgIpc) is 2.74. The third-order valence-corrected chi connectivity index (χ3v) is 5.12. The molecule has 1 aliphatic rings. The highest BCUT2D eigenvalue weighted by atomic mass is 16.5. The van der Waals surface area contributed by atoms with Crippen LogP contribution in [0.1, 0.15) is 44.6 Å². The van der Waals surface area contributed by atoms with Gasteiger partial charge in [-0.25, -0.2) is 0 Å². The summed E-state index contributed by atoms with van der Waals surface area (Å²) in [5.74, 6) is 1.08. The first-order valence-electron chi connectivity index (χ1n) is 9.78. The van der Waals surface area contributed by atoms with E-state index in [0.717, 1.165) is 37.8 Å². The molecule has 156 valence electrons. The molecule has 1 amide bonds. The number of nitrogens with zero attached hydrogens (tertiary/aromatic N) is 1. The van der Waals surface area contributed by atoms with Gasteiger partial charge in [-0.05, 0) is 49.8 Å². The van der Waals surface area contributed by atoms with Crippen LogP contribution in [0, 0.1) is 0 Å². The quantitative estimate of drug-likeness (QED) is 0.601. The maximum absolute atomic E-state index is 12.4. The van der Waals surface area contributed by atoms with Gasteiger partial charge in [0.05, 0.1) is 21.3 Å². The molecule has 0 spiro atoms. The summed E-state index contributed by atoms with van der Waals surface area (Å²) in [7, 11) is 4.64. The van der Waals surface area contributed by atoms with Gasteiger partial charge in [-0.3, -0.25) is 9.59 Å². The second-order valence-electron chi connectivity index (χ2n) is 6.84. The van der Waals surface area contributed by atoms with Crippen molar-refractivity contribution in [2.45, 2.75) is 51.5 Å². The normalized spacial score (nSPS) is 16.4. The number of amides is 1. The number of piperidine rings is 1. The SMILES string of the molecule is CCC1CCCCN1C(=O)COC(=O)CCc1cc(OC)c(OC)c(OC)c1. The zero-order chi connectivity index (χ0) is 20.5. The van der Waals surface area contributed by atoms with Gasteiger partial charge in [0.25, 0.3) is 5.91 Å². The number of carbonyl (C=O) groups excluding carboxylic acids is 2. The summed E-state index contributed by atoms with van der Waals surface area (Å²) in [6.45, 7) is 2.64. The molecule has 0 aromatic heterocycles. The highest BCUT2D eigenvalue weighted by Gasteiger charge is 2.25. The van der Waals surface area contributed by atoms with Crippen molar-refractivity contribution < 1.29 is 28.5 Å². The van der Waals surface area contributed by atoms with Gasteiger partial charge in [0.2, 0.25) is 5.75 Å². The molecule has 1 aromatic carbocycles. The smallest absolute Gasteiger partial charge is 0.306 e. The lowest BCUT2D eigenvalue weighted by atomic mass is 10.00. The minimum atomic E-state index is -0.396. The Hall–Kier alpha value is -2.44. The summed E-state index contributed by atoms with van der Waals surface area (Å²) in [4.78, 5) is 26.3. The number of ether oxygens (including phenoxy) is 4. The fourth-order valence-corrected chi connectivity index (χ4v) is 3.58. The number of esters is 1. The van der Waals surface area contributed by atoms with E-state index in [0.29, 0.717) is 23.7 Å². The van der Waals surface area contributed by atoms with Crippen LogP contribution in [0.4, 0.5) is 0 Å². The highest BCUT2D eigenvalue weighted by Crippen LogP contribution is 2.38. The van der Waals surface area contributed by atoms with Crippen molar-refractivity contribution >= 4 is 11.9 Å². The molecule has 1 aromatic rings. The van der Waals surface area contributed by atoms with Crippen molar-refractivity contribution in [1.29, 1.82) is 0 Å². The molecular formula is C21H31NO6. The van der Waals surface area contributed by atoms with E-state index in [4.69, 9.17) is 18.9 Å². The van der Waals surface area contributed by atoms with E-state index in [-0.39, 0.29) is 25.0 Å². The molecule has 1 unspecified atom stereocenters. The molecule has 1 aliphatic heterocycles. The third-order valence-electron chi connectivity index (χ3n) is 5.12.